The van der Waals surface area contributed by atoms with Gasteiger partial charge in [-0.3, -0.25) is 4.68 Å². The van der Waals surface area contributed by atoms with Gasteiger partial charge in [0.1, 0.15) is 11.8 Å². The number of aromatic nitrogens is 5. The lowest BCUT2D eigenvalue weighted by Gasteiger charge is -2.04. The predicted octanol–water partition coefficient (Wildman–Crippen LogP) is -0.313. The fraction of sp³-hybridized carbons (Fsp3) is 0.250. The van der Waals surface area contributed by atoms with Crippen LogP contribution >= 0.6 is 0 Å². The van der Waals surface area contributed by atoms with Crippen LogP contribution in [0.25, 0.3) is 0 Å². The zero-order valence-electron chi connectivity index (χ0n) is 7.57. The van der Waals surface area contributed by atoms with Gasteiger partial charge in [-0.25, -0.2) is 0 Å². The van der Waals surface area contributed by atoms with Crippen LogP contribution in [0.1, 0.15) is 17.4 Å². The van der Waals surface area contributed by atoms with E-state index in [0.29, 0.717) is 11.3 Å². The van der Waals surface area contributed by atoms with Crippen molar-refractivity contribution in [3.05, 3.63) is 35.9 Å². The molecule has 2 heterocycles. The van der Waals surface area contributed by atoms with E-state index >= 15 is 0 Å². The molecule has 0 fully saturated rings. The molecule has 0 saturated carbocycles. The normalized spacial score (nSPS) is 12.7. The van der Waals surface area contributed by atoms with Crippen LogP contribution < -0.4 is 0 Å². The summed E-state index contributed by atoms with van der Waals surface area (Å²) in [5.41, 5.74) is 1.15. The Balaban J connectivity index is 2.29. The number of hydrogen-bond donors (Lipinski definition) is 1. The summed E-state index contributed by atoms with van der Waals surface area (Å²) in [7, 11) is 1.74. The first-order chi connectivity index (χ1) is 6.77. The summed E-state index contributed by atoms with van der Waals surface area (Å²) in [6.07, 6.45) is 3.89. The molecule has 0 spiro atoms. The summed E-state index contributed by atoms with van der Waals surface area (Å²) in [4.78, 5) is 0. The molecule has 0 amide bonds. The topological polar surface area (TPSA) is 76.7 Å². The maximum Gasteiger partial charge on any atom is 0.126 e. The molecule has 0 bridgehead atoms. The van der Waals surface area contributed by atoms with Crippen LogP contribution in [0.5, 0.6) is 0 Å². The summed E-state index contributed by atoms with van der Waals surface area (Å²) < 4.78 is 1.53. The first-order valence-electron chi connectivity index (χ1n) is 4.08. The molecule has 1 atom stereocenters. The standard InChI is InChI=1S/C8H9N5O/c1-13-5-7(11-12-13)8(14)6-2-3-9-10-4-6/h2-5,8,14H,1H3. The van der Waals surface area contributed by atoms with Gasteiger partial charge in [-0.2, -0.15) is 10.2 Å². The van der Waals surface area contributed by atoms with E-state index in [4.69, 9.17) is 0 Å². The smallest absolute Gasteiger partial charge is 0.126 e. The highest BCUT2D eigenvalue weighted by atomic mass is 16.3. The maximum atomic E-state index is 9.82. The van der Waals surface area contributed by atoms with Gasteiger partial charge >= 0.3 is 0 Å². The van der Waals surface area contributed by atoms with Gasteiger partial charge in [-0.15, -0.1) is 5.10 Å². The highest BCUT2D eigenvalue weighted by molar-refractivity contribution is 5.18. The minimum absolute atomic E-state index is 0.500. The van der Waals surface area contributed by atoms with Crippen LogP contribution in [0.2, 0.25) is 0 Å². The summed E-state index contributed by atoms with van der Waals surface area (Å²) >= 11 is 0. The van der Waals surface area contributed by atoms with Gasteiger partial charge in [0, 0.05) is 18.8 Å². The Kier molecular flexibility index (Phi) is 2.19. The van der Waals surface area contributed by atoms with E-state index in [1.54, 1.807) is 19.3 Å². The molecular formula is C8H9N5O. The van der Waals surface area contributed by atoms with Gasteiger partial charge < -0.3 is 5.11 Å². The van der Waals surface area contributed by atoms with E-state index in [1.807, 2.05) is 0 Å². The second kappa shape index (κ2) is 3.51. The van der Waals surface area contributed by atoms with Gasteiger partial charge in [0.05, 0.1) is 12.4 Å². The second-order valence-corrected chi connectivity index (χ2v) is 2.90. The highest BCUT2D eigenvalue weighted by Gasteiger charge is 2.13. The summed E-state index contributed by atoms with van der Waals surface area (Å²) in [6.45, 7) is 0. The molecule has 6 heteroatoms. The average molecular weight is 191 g/mol. The Morgan fingerprint density at radius 2 is 2.29 bits per heavy atom. The Morgan fingerprint density at radius 1 is 1.43 bits per heavy atom. The lowest BCUT2D eigenvalue weighted by Crippen LogP contribution is -2.01. The van der Waals surface area contributed by atoms with Crippen LogP contribution in [0.4, 0.5) is 0 Å². The SMILES string of the molecule is Cn1cc(C(O)c2ccnnc2)nn1. The van der Waals surface area contributed by atoms with Crippen molar-refractivity contribution in [2.24, 2.45) is 7.05 Å². The fourth-order valence-corrected chi connectivity index (χ4v) is 1.12. The van der Waals surface area contributed by atoms with Crippen LogP contribution in [0.15, 0.2) is 24.7 Å². The summed E-state index contributed by atoms with van der Waals surface area (Å²) in [5.74, 6) is 0. The van der Waals surface area contributed by atoms with Crippen molar-refractivity contribution < 1.29 is 5.11 Å². The van der Waals surface area contributed by atoms with Gasteiger partial charge in [0.15, 0.2) is 0 Å². The molecule has 2 aromatic heterocycles. The fourth-order valence-electron chi connectivity index (χ4n) is 1.12. The quantitative estimate of drug-likeness (QED) is 0.704. The van der Waals surface area contributed by atoms with E-state index in [1.165, 1.54) is 17.1 Å². The number of aryl methyl sites for hydroxylation is 1. The first-order valence-corrected chi connectivity index (χ1v) is 4.08. The molecule has 0 aliphatic heterocycles. The molecule has 0 aromatic carbocycles. The number of nitrogens with zero attached hydrogens (tertiary/aromatic N) is 5. The van der Waals surface area contributed by atoms with E-state index in [9.17, 15) is 5.11 Å². The van der Waals surface area contributed by atoms with E-state index in [-0.39, 0.29) is 0 Å². The van der Waals surface area contributed by atoms with E-state index in [2.05, 4.69) is 20.5 Å². The van der Waals surface area contributed by atoms with Crippen LogP contribution in [0.3, 0.4) is 0 Å². The Morgan fingerprint density at radius 3 is 2.86 bits per heavy atom. The van der Waals surface area contributed by atoms with Crippen molar-refractivity contribution in [2.45, 2.75) is 6.10 Å². The summed E-state index contributed by atoms with van der Waals surface area (Å²) in [5, 5.41) is 24.7. The number of aliphatic hydroxyl groups excluding tert-OH is 1. The monoisotopic (exact) mass is 191 g/mol. The molecule has 14 heavy (non-hydrogen) atoms. The minimum atomic E-state index is -0.792. The molecule has 0 aliphatic rings. The van der Waals surface area contributed by atoms with Crippen molar-refractivity contribution >= 4 is 0 Å². The third kappa shape index (κ3) is 1.60. The lowest BCUT2D eigenvalue weighted by molar-refractivity contribution is 0.214. The molecule has 2 aromatic rings. The van der Waals surface area contributed by atoms with Crippen molar-refractivity contribution in [3.8, 4) is 0 Å². The van der Waals surface area contributed by atoms with Gasteiger partial charge in [0.25, 0.3) is 0 Å². The lowest BCUT2D eigenvalue weighted by atomic mass is 10.1. The van der Waals surface area contributed by atoms with Gasteiger partial charge in [-0.1, -0.05) is 5.21 Å². The average Bonchev–Trinajstić information content (AvgIpc) is 2.65. The zero-order valence-corrected chi connectivity index (χ0v) is 7.57. The molecule has 1 unspecified atom stereocenters. The second-order valence-electron chi connectivity index (χ2n) is 2.90. The van der Waals surface area contributed by atoms with Crippen molar-refractivity contribution in [3.63, 3.8) is 0 Å². The molecule has 0 radical (unpaired) electrons. The number of aliphatic hydroxyl groups is 1. The Bertz CT molecular complexity index is 413. The molecule has 1 N–H and O–H groups in total. The molecule has 2 rings (SSSR count). The Labute approximate surface area is 80.2 Å². The maximum absolute atomic E-state index is 9.82. The van der Waals surface area contributed by atoms with Crippen LogP contribution in [0, 0.1) is 0 Å². The first kappa shape index (κ1) is 8.76. The van der Waals surface area contributed by atoms with Gasteiger partial charge in [0.2, 0.25) is 0 Å². The van der Waals surface area contributed by atoms with Crippen molar-refractivity contribution in [1.82, 2.24) is 25.2 Å². The predicted molar refractivity (Wildman–Crippen MR) is 47.1 cm³/mol. The Hall–Kier alpha value is -1.82. The molecular weight excluding hydrogens is 182 g/mol. The van der Waals surface area contributed by atoms with Crippen molar-refractivity contribution in [2.75, 3.05) is 0 Å². The third-order valence-electron chi connectivity index (χ3n) is 1.82. The molecule has 72 valence electrons. The molecule has 6 nitrogen and oxygen atoms in total. The third-order valence-corrected chi connectivity index (χ3v) is 1.82. The molecule has 0 aliphatic carbocycles. The zero-order chi connectivity index (χ0) is 9.97. The molecule has 0 saturated heterocycles. The number of rotatable bonds is 2. The van der Waals surface area contributed by atoms with E-state index in [0.717, 1.165) is 0 Å². The summed E-state index contributed by atoms with van der Waals surface area (Å²) in [6, 6.07) is 1.69. The van der Waals surface area contributed by atoms with Crippen LogP contribution in [-0.2, 0) is 7.05 Å². The largest absolute Gasteiger partial charge is 0.382 e. The van der Waals surface area contributed by atoms with Gasteiger partial charge in [-0.05, 0) is 6.07 Å². The minimum Gasteiger partial charge on any atom is -0.382 e. The van der Waals surface area contributed by atoms with Crippen molar-refractivity contribution in [1.29, 1.82) is 0 Å². The van der Waals surface area contributed by atoms with E-state index < -0.39 is 6.10 Å². The van der Waals surface area contributed by atoms with Crippen LogP contribution in [-0.4, -0.2) is 30.3 Å². The number of hydrogen-bond acceptors (Lipinski definition) is 5. The highest BCUT2D eigenvalue weighted by Crippen LogP contribution is 2.17.